The van der Waals surface area contributed by atoms with E-state index in [0.717, 1.165) is 51.9 Å². The van der Waals surface area contributed by atoms with E-state index in [1.165, 1.54) is 0 Å². The molecule has 17 heavy (non-hydrogen) atoms. The molecule has 0 aliphatic carbocycles. The zero-order valence-corrected chi connectivity index (χ0v) is 10.8. The molecule has 2 saturated heterocycles. The Bertz CT molecular complexity index is 262. The molecule has 0 saturated carbocycles. The Morgan fingerprint density at radius 1 is 1.29 bits per heavy atom. The average molecular weight is 240 g/mol. The van der Waals surface area contributed by atoms with Gasteiger partial charge in [-0.25, -0.2) is 0 Å². The Morgan fingerprint density at radius 3 is 2.65 bits per heavy atom. The van der Waals surface area contributed by atoms with Crippen LogP contribution in [0.25, 0.3) is 0 Å². The van der Waals surface area contributed by atoms with E-state index in [-0.39, 0.29) is 12.0 Å². The number of nitrogens with zero attached hydrogens (tertiary/aromatic N) is 2. The van der Waals surface area contributed by atoms with Crippen molar-refractivity contribution in [3.63, 3.8) is 0 Å². The molecule has 2 unspecified atom stereocenters. The van der Waals surface area contributed by atoms with Gasteiger partial charge in [0.25, 0.3) is 0 Å². The normalized spacial score (nSPS) is 28.4. The van der Waals surface area contributed by atoms with Crippen LogP contribution in [0.3, 0.4) is 0 Å². The van der Waals surface area contributed by atoms with E-state index in [9.17, 15) is 9.90 Å². The number of carbonyl (C=O) groups excluding carboxylic acids is 1. The maximum absolute atomic E-state index is 12.0. The minimum Gasteiger partial charge on any atom is -0.393 e. The van der Waals surface area contributed by atoms with Crippen LogP contribution in [0.5, 0.6) is 0 Å². The van der Waals surface area contributed by atoms with Crippen molar-refractivity contribution in [2.45, 2.75) is 38.7 Å². The highest BCUT2D eigenvalue weighted by atomic mass is 16.3. The number of piperidine rings is 1. The molecule has 2 rings (SSSR count). The molecule has 1 amide bonds. The van der Waals surface area contributed by atoms with Gasteiger partial charge in [0.1, 0.15) is 0 Å². The number of carbonyl (C=O) groups is 1. The van der Waals surface area contributed by atoms with Crippen molar-refractivity contribution in [1.82, 2.24) is 9.80 Å². The summed E-state index contributed by atoms with van der Waals surface area (Å²) in [5, 5.41) is 9.62. The molecule has 0 aromatic heterocycles. The second kappa shape index (κ2) is 5.83. The van der Waals surface area contributed by atoms with E-state index in [4.69, 9.17) is 0 Å². The number of rotatable bonds is 3. The molecule has 98 valence electrons. The van der Waals surface area contributed by atoms with Gasteiger partial charge >= 0.3 is 0 Å². The summed E-state index contributed by atoms with van der Waals surface area (Å²) in [6.45, 7) is 6.15. The summed E-state index contributed by atoms with van der Waals surface area (Å²) >= 11 is 0. The molecule has 0 spiro atoms. The average Bonchev–Trinajstić information content (AvgIpc) is 2.82. The van der Waals surface area contributed by atoms with Gasteiger partial charge in [-0.2, -0.15) is 0 Å². The predicted octanol–water partition coefficient (Wildman–Crippen LogP) is 0.702. The van der Waals surface area contributed by atoms with E-state index >= 15 is 0 Å². The predicted molar refractivity (Wildman–Crippen MR) is 66.7 cm³/mol. The van der Waals surface area contributed by atoms with Crippen molar-refractivity contribution in [2.24, 2.45) is 5.92 Å². The van der Waals surface area contributed by atoms with Crippen LogP contribution < -0.4 is 0 Å². The minimum atomic E-state index is -0.250. The van der Waals surface area contributed by atoms with Crippen LogP contribution in [-0.2, 0) is 4.79 Å². The van der Waals surface area contributed by atoms with Gasteiger partial charge in [-0.3, -0.25) is 9.69 Å². The Hall–Kier alpha value is -0.610. The van der Waals surface area contributed by atoms with Crippen molar-refractivity contribution >= 4 is 5.91 Å². The number of aliphatic hydroxyl groups excluding tert-OH is 1. The molecule has 2 aliphatic heterocycles. The Labute approximate surface area is 104 Å². The van der Waals surface area contributed by atoms with E-state index in [1.807, 2.05) is 11.8 Å². The van der Waals surface area contributed by atoms with Gasteiger partial charge in [0.2, 0.25) is 5.91 Å². The van der Waals surface area contributed by atoms with E-state index in [2.05, 4.69) is 4.90 Å². The van der Waals surface area contributed by atoms with Gasteiger partial charge in [-0.15, -0.1) is 0 Å². The standard InChI is InChI=1S/C13H24N2O2/c1-11(16)12-5-4-6-14(9-12)10-13(17)15-7-2-3-8-15/h11-12,16H,2-10H2,1H3. The number of hydrogen-bond acceptors (Lipinski definition) is 3. The van der Waals surface area contributed by atoms with E-state index < -0.39 is 0 Å². The highest BCUT2D eigenvalue weighted by molar-refractivity contribution is 5.78. The minimum absolute atomic E-state index is 0.250. The summed E-state index contributed by atoms with van der Waals surface area (Å²) in [6, 6.07) is 0. The van der Waals surface area contributed by atoms with Gasteiger partial charge in [-0.05, 0) is 45.1 Å². The third kappa shape index (κ3) is 3.42. The van der Waals surface area contributed by atoms with Crippen LogP contribution in [0.4, 0.5) is 0 Å². The second-order valence-electron chi connectivity index (χ2n) is 5.47. The first-order valence-corrected chi connectivity index (χ1v) is 6.85. The van der Waals surface area contributed by atoms with Crippen LogP contribution in [0.1, 0.15) is 32.6 Å². The zero-order valence-electron chi connectivity index (χ0n) is 10.8. The number of aliphatic hydroxyl groups is 1. The molecule has 0 aromatic rings. The Morgan fingerprint density at radius 2 is 2.00 bits per heavy atom. The fraction of sp³-hybridized carbons (Fsp3) is 0.923. The highest BCUT2D eigenvalue weighted by Gasteiger charge is 2.26. The molecule has 0 bridgehead atoms. The zero-order chi connectivity index (χ0) is 12.3. The molecule has 1 N–H and O–H groups in total. The fourth-order valence-electron chi connectivity index (χ4n) is 2.89. The molecule has 2 atom stereocenters. The Balaban J connectivity index is 1.79. The lowest BCUT2D eigenvalue weighted by Crippen LogP contribution is -2.45. The van der Waals surface area contributed by atoms with Crippen LogP contribution in [0.2, 0.25) is 0 Å². The molecular weight excluding hydrogens is 216 g/mol. The molecule has 0 aromatic carbocycles. The first-order chi connectivity index (χ1) is 8.16. The molecular formula is C13H24N2O2. The fourth-order valence-corrected chi connectivity index (χ4v) is 2.89. The summed E-state index contributed by atoms with van der Waals surface area (Å²) in [4.78, 5) is 16.2. The van der Waals surface area contributed by atoms with Gasteiger partial charge < -0.3 is 10.0 Å². The molecule has 0 radical (unpaired) electrons. The lowest BCUT2D eigenvalue weighted by Gasteiger charge is -2.34. The van der Waals surface area contributed by atoms with Gasteiger partial charge in [-0.1, -0.05) is 0 Å². The SMILES string of the molecule is CC(O)C1CCCN(CC(=O)N2CCCC2)C1. The monoisotopic (exact) mass is 240 g/mol. The quantitative estimate of drug-likeness (QED) is 0.790. The molecule has 2 aliphatic rings. The van der Waals surface area contributed by atoms with E-state index in [0.29, 0.717) is 12.5 Å². The first kappa shape index (κ1) is 12.8. The van der Waals surface area contributed by atoms with Gasteiger partial charge in [0.15, 0.2) is 0 Å². The molecule has 2 heterocycles. The van der Waals surface area contributed by atoms with Crippen molar-refractivity contribution in [1.29, 1.82) is 0 Å². The highest BCUT2D eigenvalue weighted by Crippen LogP contribution is 2.20. The van der Waals surface area contributed by atoms with Crippen LogP contribution in [0, 0.1) is 5.92 Å². The van der Waals surface area contributed by atoms with Crippen molar-refractivity contribution in [2.75, 3.05) is 32.7 Å². The van der Waals surface area contributed by atoms with Crippen LogP contribution in [0.15, 0.2) is 0 Å². The lowest BCUT2D eigenvalue weighted by atomic mass is 9.93. The van der Waals surface area contributed by atoms with Crippen molar-refractivity contribution in [3.8, 4) is 0 Å². The summed E-state index contributed by atoms with van der Waals surface area (Å²) in [5.41, 5.74) is 0. The maximum Gasteiger partial charge on any atom is 0.236 e. The topological polar surface area (TPSA) is 43.8 Å². The molecule has 2 fully saturated rings. The summed E-state index contributed by atoms with van der Waals surface area (Å²) in [5.74, 6) is 0.615. The van der Waals surface area contributed by atoms with Crippen LogP contribution in [-0.4, -0.2) is 59.6 Å². The van der Waals surface area contributed by atoms with E-state index in [1.54, 1.807) is 0 Å². The van der Waals surface area contributed by atoms with Crippen molar-refractivity contribution in [3.05, 3.63) is 0 Å². The maximum atomic E-state index is 12.0. The second-order valence-corrected chi connectivity index (χ2v) is 5.47. The number of likely N-dealkylation sites (tertiary alicyclic amines) is 2. The van der Waals surface area contributed by atoms with Gasteiger partial charge in [0, 0.05) is 19.6 Å². The summed E-state index contributed by atoms with van der Waals surface area (Å²) in [7, 11) is 0. The van der Waals surface area contributed by atoms with Crippen LogP contribution >= 0.6 is 0 Å². The largest absolute Gasteiger partial charge is 0.393 e. The number of hydrogen-bond donors (Lipinski definition) is 1. The van der Waals surface area contributed by atoms with Gasteiger partial charge in [0.05, 0.1) is 12.6 Å². The summed E-state index contributed by atoms with van der Waals surface area (Å²) in [6.07, 6.45) is 4.25. The first-order valence-electron chi connectivity index (χ1n) is 6.85. The lowest BCUT2D eigenvalue weighted by molar-refractivity contribution is -0.132. The third-order valence-electron chi connectivity index (χ3n) is 4.04. The molecule has 4 nitrogen and oxygen atoms in total. The summed E-state index contributed by atoms with van der Waals surface area (Å²) < 4.78 is 0. The smallest absolute Gasteiger partial charge is 0.236 e. The Kier molecular flexibility index (Phi) is 4.40. The molecule has 4 heteroatoms. The van der Waals surface area contributed by atoms with Crippen molar-refractivity contribution < 1.29 is 9.90 Å². The third-order valence-corrected chi connectivity index (χ3v) is 4.04. The number of amides is 1.